The molecule has 20 heavy (non-hydrogen) atoms. The molecule has 0 spiro atoms. The zero-order valence-corrected chi connectivity index (χ0v) is 12.7. The maximum absolute atomic E-state index is 12.3. The van der Waals surface area contributed by atoms with Crippen LogP contribution >= 0.6 is 11.6 Å². The Morgan fingerprint density at radius 1 is 1.45 bits per heavy atom. The van der Waals surface area contributed by atoms with Gasteiger partial charge < -0.3 is 5.32 Å². The van der Waals surface area contributed by atoms with Gasteiger partial charge in [-0.2, -0.15) is 0 Å². The normalized spacial score (nSPS) is 28.2. The molecule has 1 aromatic carbocycles. The van der Waals surface area contributed by atoms with Crippen LogP contribution in [-0.4, -0.2) is 18.3 Å². The summed E-state index contributed by atoms with van der Waals surface area (Å²) in [7, 11) is 0. The van der Waals surface area contributed by atoms with Crippen molar-refractivity contribution in [2.45, 2.75) is 32.1 Å². The monoisotopic (exact) mass is 291 g/mol. The molecule has 2 nitrogen and oxygen atoms in total. The van der Waals surface area contributed by atoms with Gasteiger partial charge in [0.2, 0.25) is 5.91 Å². The Bertz CT molecular complexity index is 502. The number of fused-ring (bicyclic) bond motifs is 3. The lowest BCUT2D eigenvalue weighted by Gasteiger charge is -2.13. The van der Waals surface area contributed by atoms with Crippen molar-refractivity contribution in [3.05, 3.63) is 35.4 Å². The topological polar surface area (TPSA) is 29.1 Å². The highest BCUT2D eigenvalue weighted by atomic mass is 35.5. The number of halogens is 1. The number of carbonyl (C=O) groups is 1. The predicted molar refractivity (Wildman–Crippen MR) is 82.0 cm³/mol. The fourth-order valence-corrected chi connectivity index (χ4v) is 3.98. The molecule has 0 aliphatic heterocycles. The fourth-order valence-electron chi connectivity index (χ4n) is 3.60. The molecule has 0 heterocycles. The molecule has 0 bridgehead atoms. The summed E-state index contributed by atoms with van der Waals surface area (Å²) in [4.78, 5) is 12.3. The van der Waals surface area contributed by atoms with E-state index in [9.17, 15) is 4.79 Å². The summed E-state index contributed by atoms with van der Waals surface area (Å²) in [6.07, 6.45) is 3.25. The molecule has 108 valence electrons. The standard InChI is InChI=1S/C17H22ClNO/c1-11(8-9-18)10-19-17(20)16-14-7-6-12-4-2-3-5-13(12)15(14)16/h2-5,11,14-16H,6-10H2,1H3,(H,19,20). The van der Waals surface area contributed by atoms with E-state index in [2.05, 4.69) is 36.5 Å². The van der Waals surface area contributed by atoms with Crippen LogP contribution in [0.3, 0.4) is 0 Å². The molecule has 2 aliphatic rings. The maximum atomic E-state index is 12.3. The molecule has 2 aliphatic carbocycles. The van der Waals surface area contributed by atoms with E-state index in [1.807, 2.05) is 0 Å². The summed E-state index contributed by atoms with van der Waals surface area (Å²) in [5, 5.41) is 3.12. The first-order valence-electron chi connectivity index (χ1n) is 7.64. The highest BCUT2D eigenvalue weighted by Gasteiger charge is 2.56. The van der Waals surface area contributed by atoms with Gasteiger partial charge in [-0.05, 0) is 48.1 Å². The highest BCUT2D eigenvalue weighted by molar-refractivity contribution is 6.17. The molecule has 4 unspecified atom stereocenters. The van der Waals surface area contributed by atoms with Gasteiger partial charge in [0.1, 0.15) is 0 Å². The van der Waals surface area contributed by atoms with E-state index in [1.165, 1.54) is 11.1 Å². The third-order valence-corrected chi connectivity index (χ3v) is 5.08. The largest absolute Gasteiger partial charge is 0.356 e. The number of amides is 1. The molecule has 1 N–H and O–H groups in total. The lowest BCUT2D eigenvalue weighted by Crippen LogP contribution is -2.30. The Labute approximate surface area is 125 Å². The minimum atomic E-state index is 0.210. The number of nitrogens with one attached hydrogen (secondary N) is 1. The first kappa shape index (κ1) is 13.9. The number of aryl methyl sites for hydroxylation is 1. The third kappa shape index (κ3) is 2.58. The lowest BCUT2D eigenvalue weighted by atomic mass is 9.92. The second-order valence-electron chi connectivity index (χ2n) is 6.28. The Kier molecular flexibility index (Phi) is 4.02. The fraction of sp³-hybridized carbons (Fsp3) is 0.588. The quantitative estimate of drug-likeness (QED) is 0.828. The van der Waals surface area contributed by atoms with Crippen molar-refractivity contribution < 1.29 is 4.79 Å². The van der Waals surface area contributed by atoms with Crippen LogP contribution in [0.2, 0.25) is 0 Å². The number of hydrogen-bond donors (Lipinski definition) is 1. The van der Waals surface area contributed by atoms with Crippen LogP contribution < -0.4 is 5.32 Å². The van der Waals surface area contributed by atoms with Gasteiger partial charge in [0.15, 0.2) is 0 Å². The van der Waals surface area contributed by atoms with Crippen LogP contribution in [0.1, 0.15) is 36.8 Å². The second kappa shape index (κ2) is 5.77. The summed E-state index contributed by atoms with van der Waals surface area (Å²) in [5.41, 5.74) is 2.86. The molecule has 1 amide bonds. The molecule has 4 atom stereocenters. The molecule has 1 aromatic rings. The van der Waals surface area contributed by atoms with E-state index in [-0.39, 0.29) is 11.8 Å². The number of rotatable bonds is 5. The van der Waals surface area contributed by atoms with Gasteiger partial charge >= 0.3 is 0 Å². The van der Waals surface area contributed by atoms with Crippen LogP contribution in [0, 0.1) is 17.8 Å². The van der Waals surface area contributed by atoms with Gasteiger partial charge in [0, 0.05) is 18.3 Å². The summed E-state index contributed by atoms with van der Waals surface area (Å²) in [6, 6.07) is 8.61. The minimum Gasteiger partial charge on any atom is -0.356 e. The van der Waals surface area contributed by atoms with Gasteiger partial charge in [-0.15, -0.1) is 11.6 Å². The van der Waals surface area contributed by atoms with E-state index in [0.717, 1.165) is 25.8 Å². The van der Waals surface area contributed by atoms with Crippen LogP contribution in [0.15, 0.2) is 24.3 Å². The molecule has 0 saturated heterocycles. The number of benzene rings is 1. The average molecular weight is 292 g/mol. The average Bonchev–Trinajstić information content (AvgIpc) is 3.20. The highest BCUT2D eigenvalue weighted by Crippen LogP contribution is 2.59. The van der Waals surface area contributed by atoms with Gasteiger partial charge in [-0.1, -0.05) is 31.2 Å². The van der Waals surface area contributed by atoms with Gasteiger partial charge in [0.25, 0.3) is 0 Å². The SMILES string of the molecule is CC(CCCl)CNC(=O)C1C2CCc3ccccc3C21. The first-order chi connectivity index (χ1) is 9.72. The summed E-state index contributed by atoms with van der Waals surface area (Å²) < 4.78 is 0. The first-order valence-corrected chi connectivity index (χ1v) is 8.17. The van der Waals surface area contributed by atoms with Crippen molar-refractivity contribution in [1.82, 2.24) is 5.32 Å². The molecule has 0 radical (unpaired) electrons. The Balaban J connectivity index is 1.60. The van der Waals surface area contributed by atoms with E-state index in [0.29, 0.717) is 23.6 Å². The van der Waals surface area contributed by atoms with E-state index in [1.54, 1.807) is 0 Å². The zero-order valence-electron chi connectivity index (χ0n) is 11.9. The minimum absolute atomic E-state index is 0.210. The van der Waals surface area contributed by atoms with Crippen molar-refractivity contribution >= 4 is 17.5 Å². The predicted octanol–water partition coefficient (Wildman–Crippen LogP) is 3.34. The van der Waals surface area contributed by atoms with Crippen molar-refractivity contribution in [1.29, 1.82) is 0 Å². The van der Waals surface area contributed by atoms with Crippen LogP contribution in [0.4, 0.5) is 0 Å². The summed E-state index contributed by atoms with van der Waals surface area (Å²) >= 11 is 5.73. The van der Waals surface area contributed by atoms with Crippen molar-refractivity contribution in [2.75, 3.05) is 12.4 Å². The second-order valence-corrected chi connectivity index (χ2v) is 6.66. The number of alkyl halides is 1. The van der Waals surface area contributed by atoms with E-state index >= 15 is 0 Å². The molecular weight excluding hydrogens is 270 g/mol. The zero-order chi connectivity index (χ0) is 14.1. The van der Waals surface area contributed by atoms with E-state index in [4.69, 9.17) is 11.6 Å². The van der Waals surface area contributed by atoms with Crippen LogP contribution in [-0.2, 0) is 11.2 Å². The molecule has 3 rings (SSSR count). The van der Waals surface area contributed by atoms with Crippen molar-refractivity contribution in [2.24, 2.45) is 17.8 Å². The molecular formula is C17H22ClNO. The summed E-state index contributed by atoms with van der Waals surface area (Å²) in [6.45, 7) is 2.89. The maximum Gasteiger partial charge on any atom is 0.224 e. The van der Waals surface area contributed by atoms with Crippen molar-refractivity contribution in [3.8, 4) is 0 Å². The molecule has 1 saturated carbocycles. The lowest BCUT2D eigenvalue weighted by molar-refractivity contribution is -0.122. The smallest absolute Gasteiger partial charge is 0.224 e. The Morgan fingerprint density at radius 2 is 2.25 bits per heavy atom. The third-order valence-electron chi connectivity index (χ3n) is 4.86. The Hall–Kier alpha value is -1.02. The molecule has 1 fully saturated rings. The summed E-state index contributed by atoms with van der Waals surface area (Å²) in [5.74, 6) is 2.64. The van der Waals surface area contributed by atoms with Crippen LogP contribution in [0.25, 0.3) is 0 Å². The van der Waals surface area contributed by atoms with E-state index < -0.39 is 0 Å². The number of carbonyl (C=O) groups excluding carboxylic acids is 1. The Morgan fingerprint density at radius 3 is 3.05 bits per heavy atom. The van der Waals surface area contributed by atoms with Gasteiger partial charge in [0.05, 0.1) is 0 Å². The number of hydrogen-bond acceptors (Lipinski definition) is 1. The van der Waals surface area contributed by atoms with Crippen LogP contribution in [0.5, 0.6) is 0 Å². The van der Waals surface area contributed by atoms with Gasteiger partial charge in [-0.3, -0.25) is 4.79 Å². The van der Waals surface area contributed by atoms with Gasteiger partial charge in [-0.25, -0.2) is 0 Å². The van der Waals surface area contributed by atoms with Crippen molar-refractivity contribution in [3.63, 3.8) is 0 Å². The molecule has 3 heteroatoms. The molecule has 0 aromatic heterocycles.